The average molecular weight is 245 g/mol. The number of nitrogens with zero attached hydrogens (tertiary/aromatic N) is 1. The van der Waals surface area contributed by atoms with E-state index in [1.54, 1.807) is 6.08 Å². The summed E-state index contributed by atoms with van der Waals surface area (Å²) < 4.78 is 4.71. The lowest BCUT2D eigenvalue weighted by molar-refractivity contribution is -0.119. The highest BCUT2D eigenvalue weighted by molar-refractivity contribution is 5.97. The summed E-state index contributed by atoms with van der Waals surface area (Å²) in [5.41, 5.74) is 1.03. The molecule has 0 bridgehead atoms. The van der Waals surface area contributed by atoms with Crippen LogP contribution in [-0.4, -0.2) is 36.5 Å². The van der Waals surface area contributed by atoms with Gasteiger partial charge in [-0.1, -0.05) is 36.4 Å². The van der Waals surface area contributed by atoms with Crippen molar-refractivity contribution in [2.24, 2.45) is 0 Å². The van der Waals surface area contributed by atoms with Crippen molar-refractivity contribution in [3.05, 3.63) is 48.0 Å². The molecule has 1 aliphatic rings. The minimum Gasteiger partial charge on any atom is -0.453 e. The van der Waals surface area contributed by atoms with Gasteiger partial charge in [-0.3, -0.25) is 9.69 Å². The number of amides is 1. The van der Waals surface area contributed by atoms with Crippen LogP contribution in [0.4, 0.5) is 4.79 Å². The van der Waals surface area contributed by atoms with Crippen LogP contribution in [0.15, 0.2) is 42.5 Å². The number of carbonyl (C=O) groups is 2. The zero-order valence-corrected chi connectivity index (χ0v) is 10.2. The highest BCUT2D eigenvalue weighted by atomic mass is 16.5. The Kier molecular flexibility index (Phi) is 3.77. The van der Waals surface area contributed by atoms with E-state index in [9.17, 15) is 9.59 Å². The van der Waals surface area contributed by atoms with Crippen LogP contribution in [0, 0.1) is 0 Å². The van der Waals surface area contributed by atoms with Crippen molar-refractivity contribution in [3.63, 3.8) is 0 Å². The maximum atomic E-state index is 11.9. The molecule has 0 N–H and O–H groups in total. The molecule has 0 spiro atoms. The van der Waals surface area contributed by atoms with Crippen molar-refractivity contribution in [3.8, 4) is 0 Å². The molecule has 1 aromatic carbocycles. The Morgan fingerprint density at radius 3 is 2.78 bits per heavy atom. The van der Waals surface area contributed by atoms with Gasteiger partial charge in [-0.15, -0.1) is 0 Å². The molecule has 0 aliphatic carbocycles. The van der Waals surface area contributed by atoms with Gasteiger partial charge in [0.1, 0.15) is 6.04 Å². The summed E-state index contributed by atoms with van der Waals surface area (Å²) in [5, 5.41) is 0. The Labute approximate surface area is 106 Å². The first-order valence-corrected chi connectivity index (χ1v) is 5.81. The number of rotatable bonds is 2. The third kappa shape index (κ3) is 2.59. The first kappa shape index (κ1) is 12.4. The first-order chi connectivity index (χ1) is 8.72. The molecule has 1 amide bonds. The van der Waals surface area contributed by atoms with E-state index in [0.717, 1.165) is 5.56 Å². The predicted octanol–water partition coefficient (Wildman–Crippen LogP) is 1.80. The second kappa shape index (κ2) is 5.49. The summed E-state index contributed by atoms with van der Waals surface area (Å²) in [4.78, 5) is 25.0. The van der Waals surface area contributed by atoms with Crippen molar-refractivity contribution in [1.82, 2.24) is 4.90 Å². The van der Waals surface area contributed by atoms with Crippen molar-refractivity contribution >= 4 is 11.9 Å². The van der Waals surface area contributed by atoms with Crippen LogP contribution >= 0.6 is 0 Å². The molecular weight excluding hydrogens is 230 g/mol. The molecule has 1 aromatic rings. The van der Waals surface area contributed by atoms with Crippen LogP contribution in [0.1, 0.15) is 5.56 Å². The Bertz CT molecular complexity index is 467. The average Bonchev–Trinajstić information content (AvgIpc) is 2.41. The number of ether oxygens (including phenoxy) is 1. The van der Waals surface area contributed by atoms with E-state index in [-0.39, 0.29) is 5.78 Å². The minimum atomic E-state index is -0.468. The third-order valence-electron chi connectivity index (χ3n) is 2.97. The molecule has 1 aliphatic heterocycles. The van der Waals surface area contributed by atoms with E-state index in [1.807, 2.05) is 30.3 Å². The lowest BCUT2D eigenvalue weighted by Crippen LogP contribution is -2.48. The molecule has 4 nitrogen and oxygen atoms in total. The van der Waals surface area contributed by atoms with E-state index < -0.39 is 12.1 Å². The normalized spacial score (nSPS) is 18.8. The van der Waals surface area contributed by atoms with Crippen LogP contribution in [0.3, 0.4) is 0 Å². The zero-order chi connectivity index (χ0) is 13.0. The summed E-state index contributed by atoms with van der Waals surface area (Å²) >= 11 is 0. The number of benzene rings is 1. The highest BCUT2D eigenvalue weighted by Crippen LogP contribution is 2.15. The summed E-state index contributed by atoms with van der Waals surface area (Å²) in [6.45, 7) is 0.413. The monoisotopic (exact) mass is 245 g/mol. The molecule has 0 aromatic heterocycles. The number of carbonyl (C=O) groups excluding carboxylic acids is 2. The fourth-order valence-corrected chi connectivity index (χ4v) is 2.04. The maximum absolute atomic E-state index is 11.9. The number of hydrogen-bond acceptors (Lipinski definition) is 3. The molecule has 1 atom stereocenters. The third-order valence-corrected chi connectivity index (χ3v) is 2.97. The minimum absolute atomic E-state index is 0.0597. The topological polar surface area (TPSA) is 46.6 Å². The van der Waals surface area contributed by atoms with Crippen LogP contribution in [0.5, 0.6) is 0 Å². The number of hydrogen-bond donors (Lipinski definition) is 0. The lowest BCUT2D eigenvalue weighted by Gasteiger charge is -2.30. The molecule has 2 rings (SSSR count). The van der Waals surface area contributed by atoms with Gasteiger partial charge in [0.05, 0.1) is 7.11 Å². The molecule has 18 heavy (non-hydrogen) atoms. The van der Waals surface area contributed by atoms with E-state index in [1.165, 1.54) is 18.1 Å². The van der Waals surface area contributed by atoms with Gasteiger partial charge >= 0.3 is 6.09 Å². The first-order valence-electron chi connectivity index (χ1n) is 5.81. The summed E-state index contributed by atoms with van der Waals surface area (Å²) in [6, 6.07) is 9.18. The molecule has 1 heterocycles. The number of methoxy groups -OCH3 is 1. The Morgan fingerprint density at radius 2 is 2.11 bits per heavy atom. The maximum Gasteiger partial charge on any atom is 0.410 e. The Hall–Kier alpha value is -2.10. The fraction of sp³-hybridized carbons (Fsp3) is 0.286. The van der Waals surface area contributed by atoms with E-state index in [2.05, 4.69) is 0 Å². The van der Waals surface area contributed by atoms with Gasteiger partial charge < -0.3 is 4.74 Å². The van der Waals surface area contributed by atoms with Gasteiger partial charge in [0, 0.05) is 13.0 Å². The van der Waals surface area contributed by atoms with Crippen molar-refractivity contribution < 1.29 is 14.3 Å². The van der Waals surface area contributed by atoms with Gasteiger partial charge in [0.2, 0.25) is 0 Å². The molecular formula is C14H15NO3. The van der Waals surface area contributed by atoms with Crippen LogP contribution in [0.25, 0.3) is 0 Å². The van der Waals surface area contributed by atoms with Gasteiger partial charge in [-0.2, -0.15) is 0 Å². The zero-order valence-electron chi connectivity index (χ0n) is 10.2. The molecule has 0 radical (unpaired) electrons. The van der Waals surface area contributed by atoms with Crippen molar-refractivity contribution in [2.75, 3.05) is 13.7 Å². The molecule has 4 heteroatoms. The second-order valence-electron chi connectivity index (χ2n) is 4.13. The van der Waals surface area contributed by atoms with Gasteiger partial charge in [0.15, 0.2) is 5.78 Å². The SMILES string of the molecule is COC(=O)N1CC=CC(=O)C1Cc1ccccc1. The molecule has 94 valence electrons. The van der Waals surface area contributed by atoms with E-state index in [0.29, 0.717) is 13.0 Å². The van der Waals surface area contributed by atoms with Gasteiger partial charge in [-0.25, -0.2) is 4.79 Å². The smallest absolute Gasteiger partial charge is 0.410 e. The van der Waals surface area contributed by atoms with E-state index in [4.69, 9.17) is 4.74 Å². The predicted molar refractivity (Wildman–Crippen MR) is 67.2 cm³/mol. The summed E-state index contributed by atoms with van der Waals surface area (Å²) in [7, 11) is 1.32. The highest BCUT2D eigenvalue weighted by Gasteiger charge is 2.30. The van der Waals surface area contributed by atoms with Crippen LogP contribution < -0.4 is 0 Å². The summed E-state index contributed by atoms with van der Waals surface area (Å²) in [5.74, 6) is -0.0597. The molecule has 0 saturated heterocycles. The van der Waals surface area contributed by atoms with Gasteiger partial charge in [0.25, 0.3) is 0 Å². The second-order valence-corrected chi connectivity index (χ2v) is 4.13. The fourth-order valence-electron chi connectivity index (χ4n) is 2.04. The van der Waals surface area contributed by atoms with Crippen molar-refractivity contribution in [2.45, 2.75) is 12.5 Å². The molecule has 0 fully saturated rings. The van der Waals surface area contributed by atoms with Gasteiger partial charge in [-0.05, 0) is 11.6 Å². The quantitative estimate of drug-likeness (QED) is 0.798. The lowest BCUT2D eigenvalue weighted by atomic mass is 9.98. The standard InChI is InChI=1S/C14H15NO3/c1-18-14(17)15-9-5-8-13(16)12(15)10-11-6-3-2-4-7-11/h2-8,12H,9-10H2,1H3. The van der Waals surface area contributed by atoms with Crippen LogP contribution in [-0.2, 0) is 16.0 Å². The molecule has 0 saturated carbocycles. The summed E-state index contributed by atoms with van der Waals surface area (Å²) in [6.07, 6.45) is 3.26. The van der Waals surface area contributed by atoms with Crippen molar-refractivity contribution in [1.29, 1.82) is 0 Å². The number of ketones is 1. The van der Waals surface area contributed by atoms with E-state index >= 15 is 0 Å². The molecule has 1 unspecified atom stereocenters. The Balaban J connectivity index is 2.19. The van der Waals surface area contributed by atoms with Crippen LogP contribution in [0.2, 0.25) is 0 Å². The largest absolute Gasteiger partial charge is 0.453 e. The Morgan fingerprint density at radius 1 is 1.39 bits per heavy atom.